The molecule has 1 saturated heterocycles. The Balaban J connectivity index is 1.95. The predicted octanol–water partition coefficient (Wildman–Crippen LogP) is 2.48. The van der Waals surface area contributed by atoms with Crippen molar-refractivity contribution in [1.29, 1.82) is 0 Å². The number of aromatic nitrogens is 1. The maximum Gasteiger partial charge on any atom is 0.409 e. The molecule has 2 aromatic rings. The van der Waals surface area contributed by atoms with E-state index in [0.29, 0.717) is 22.7 Å². The van der Waals surface area contributed by atoms with Crippen LogP contribution in [0, 0.1) is 29.2 Å². The van der Waals surface area contributed by atoms with Crippen LogP contribution in [0.15, 0.2) is 18.3 Å². The van der Waals surface area contributed by atoms with Gasteiger partial charge in [0.15, 0.2) is 23.3 Å². The second-order valence-electron chi connectivity index (χ2n) is 7.87. The second-order valence-corrected chi connectivity index (χ2v) is 8.70. The van der Waals surface area contributed by atoms with Crippen LogP contribution >= 0.6 is 0 Å². The number of rotatable bonds is 8. The average Bonchev–Trinajstić information content (AvgIpc) is 3.33. The van der Waals surface area contributed by atoms with Gasteiger partial charge in [-0.05, 0) is 6.92 Å². The van der Waals surface area contributed by atoms with Gasteiger partial charge in [-0.15, -0.1) is 0 Å². The summed E-state index contributed by atoms with van der Waals surface area (Å²) >= 11 is -3.10. The molecule has 10 nitrogen and oxygen atoms in total. The maximum atomic E-state index is 15.4. The first-order valence-electron chi connectivity index (χ1n) is 10.5. The molecule has 1 aromatic carbocycles. The zero-order valence-electron chi connectivity index (χ0n) is 19.0. The van der Waals surface area contributed by atoms with Crippen molar-refractivity contribution in [2.75, 3.05) is 29.3 Å². The van der Waals surface area contributed by atoms with Crippen LogP contribution in [-0.2, 0) is 27.8 Å². The van der Waals surface area contributed by atoms with Gasteiger partial charge in [-0.2, -0.15) is 0 Å². The topological polar surface area (TPSA) is 124 Å². The third kappa shape index (κ3) is 5.36. The Morgan fingerprint density at radius 2 is 1.86 bits per heavy atom. The Morgan fingerprint density at radius 3 is 2.42 bits per heavy atom. The summed E-state index contributed by atoms with van der Waals surface area (Å²) in [4.78, 5) is 37.2. The van der Waals surface area contributed by atoms with Gasteiger partial charge in [-0.25, -0.2) is 22.4 Å². The van der Waals surface area contributed by atoms with Crippen LogP contribution < -0.4 is 9.62 Å². The van der Waals surface area contributed by atoms with E-state index in [9.17, 15) is 36.3 Å². The number of nitrogens with zero attached hydrogens (tertiary/aromatic N) is 3. The molecule has 15 heteroatoms. The number of halogens is 4. The lowest BCUT2D eigenvalue weighted by Gasteiger charge is -2.33. The van der Waals surface area contributed by atoms with E-state index < -0.39 is 75.6 Å². The van der Waals surface area contributed by atoms with Crippen molar-refractivity contribution in [1.82, 2.24) is 9.47 Å². The summed E-state index contributed by atoms with van der Waals surface area (Å²) in [5.74, 6) is -8.12. The highest BCUT2D eigenvalue weighted by Gasteiger charge is 2.41. The molecule has 3 rings (SSSR count). The number of nitrogens with one attached hydrogen (secondary N) is 1. The normalized spacial score (nSPS) is 18.1. The van der Waals surface area contributed by atoms with Crippen LogP contribution in [0.25, 0.3) is 0 Å². The standard InChI is InChI=1S/C21H22F4N4O6S/c1-3-35-21(32)28-8-11(4-5-30)15(10-28)29(36(33)34)16-9-27(2)19(18(16)25)20(31)26-12-6-13(22)17(24)14(23)7-12/h5-7,9,11,15H,3-4,8,10H2,1-2H3,(H,26,31)(H,33,34)/p-1. The minimum atomic E-state index is -3.10. The monoisotopic (exact) mass is 533 g/mol. The molecule has 3 unspecified atom stereocenters. The van der Waals surface area contributed by atoms with Crippen molar-refractivity contribution >= 4 is 40.9 Å². The molecule has 0 spiro atoms. The Morgan fingerprint density at radius 1 is 1.22 bits per heavy atom. The van der Waals surface area contributed by atoms with Gasteiger partial charge in [0.25, 0.3) is 5.91 Å². The van der Waals surface area contributed by atoms with Crippen LogP contribution in [0.3, 0.4) is 0 Å². The molecular formula is C21H21F4N4O6S-. The van der Waals surface area contributed by atoms with Gasteiger partial charge in [-0.1, -0.05) is 0 Å². The van der Waals surface area contributed by atoms with Crippen molar-refractivity contribution in [2.45, 2.75) is 19.4 Å². The number of aldehydes is 1. The van der Waals surface area contributed by atoms with E-state index in [1.807, 2.05) is 5.32 Å². The van der Waals surface area contributed by atoms with Crippen molar-refractivity contribution in [3.8, 4) is 0 Å². The number of aryl methyl sites for hydroxylation is 1. The summed E-state index contributed by atoms with van der Waals surface area (Å²) in [6.07, 6.45) is 0.661. The third-order valence-corrected chi connectivity index (χ3v) is 6.38. The van der Waals surface area contributed by atoms with E-state index in [1.54, 1.807) is 6.92 Å². The molecular weight excluding hydrogens is 512 g/mol. The maximum absolute atomic E-state index is 15.4. The lowest BCUT2D eigenvalue weighted by molar-refractivity contribution is -0.108. The second kappa shape index (κ2) is 11.1. The number of amides is 2. The number of carbonyl (C=O) groups is 3. The zero-order valence-corrected chi connectivity index (χ0v) is 19.8. The number of carbonyl (C=O) groups excluding carboxylic acids is 3. The van der Waals surface area contributed by atoms with Gasteiger partial charge in [0, 0.05) is 67.8 Å². The summed E-state index contributed by atoms with van der Waals surface area (Å²) in [6, 6.07) is -0.0845. The van der Waals surface area contributed by atoms with E-state index >= 15 is 4.39 Å². The predicted molar refractivity (Wildman–Crippen MR) is 118 cm³/mol. The largest absolute Gasteiger partial charge is 0.755 e. The number of hydrogen-bond donors (Lipinski definition) is 1. The average molecular weight is 533 g/mol. The molecule has 2 heterocycles. The van der Waals surface area contributed by atoms with Gasteiger partial charge >= 0.3 is 6.09 Å². The fourth-order valence-electron chi connectivity index (χ4n) is 4.02. The van der Waals surface area contributed by atoms with E-state index in [0.717, 1.165) is 10.8 Å². The lowest BCUT2D eigenvalue weighted by atomic mass is 10.0. The fourth-order valence-corrected chi connectivity index (χ4v) is 4.77. The molecule has 2 amide bonds. The molecule has 3 atom stereocenters. The van der Waals surface area contributed by atoms with Crippen LogP contribution in [0.2, 0.25) is 0 Å². The third-order valence-electron chi connectivity index (χ3n) is 5.59. The van der Waals surface area contributed by atoms with Crippen molar-refractivity contribution < 1.29 is 45.4 Å². The lowest BCUT2D eigenvalue weighted by Crippen LogP contribution is -2.43. The van der Waals surface area contributed by atoms with Gasteiger partial charge in [0.2, 0.25) is 0 Å². The molecule has 0 bridgehead atoms. The Kier molecular flexibility index (Phi) is 8.35. The molecule has 0 aliphatic carbocycles. The van der Waals surface area contributed by atoms with E-state index in [2.05, 4.69) is 0 Å². The van der Waals surface area contributed by atoms with Crippen molar-refractivity contribution in [3.63, 3.8) is 0 Å². The molecule has 1 fully saturated rings. The smallest absolute Gasteiger partial charge is 0.409 e. The van der Waals surface area contributed by atoms with Crippen molar-refractivity contribution in [3.05, 3.63) is 47.3 Å². The Hall–Kier alpha value is -3.46. The highest BCUT2D eigenvalue weighted by atomic mass is 32.2. The van der Waals surface area contributed by atoms with Gasteiger partial charge < -0.3 is 28.9 Å². The highest BCUT2D eigenvalue weighted by molar-refractivity contribution is 7.80. The van der Waals surface area contributed by atoms with E-state index in [-0.39, 0.29) is 26.1 Å². The quantitative estimate of drug-likeness (QED) is 0.241. The first kappa shape index (κ1) is 27.1. The van der Waals surface area contributed by atoms with Crippen LogP contribution in [0.5, 0.6) is 0 Å². The first-order valence-corrected chi connectivity index (χ1v) is 11.6. The minimum absolute atomic E-state index is 0.0283. The summed E-state index contributed by atoms with van der Waals surface area (Å²) in [6.45, 7) is 1.39. The number of benzene rings is 1. The number of likely N-dealkylation sites (tertiary alicyclic amines) is 1. The molecule has 1 N–H and O–H groups in total. The highest BCUT2D eigenvalue weighted by Crippen LogP contribution is 2.34. The van der Waals surface area contributed by atoms with Crippen molar-refractivity contribution in [2.24, 2.45) is 13.0 Å². The van der Waals surface area contributed by atoms with Gasteiger partial charge in [-0.3, -0.25) is 13.3 Å². The zero-order chi connectivity index (χ0) is 26.7. The molecule has 1 aliphatic heterocycles. The molecule has 1 aromatic heterocycles. The van der Waals surface area contributed by atoms with E-state index in [4.69, 9.17) is 4.74 Å². The van der Waals surface area contributed by atoms with Crippen LogP contribution in [0.1, 0.15) is 23.8 Å². The molecule has 36 heavy (non-hydrogen) atoms. The van der Waals surface area contributed by atoms with Gasteiger partial charge in [0.05, 0.1) is 12.6 Å². The van der Waals surface area contributed by atoms with E-state index in [1.165, 1.54) is 11.9 Å². The summed E-state index contributed by atoms with van der Waals surface area (Å²) in [5, 5.41) is 2.03. The molecule has 0 radical (unpaired) electrons. The Labute approximate surface area is 205 Å². The number of ether oxygens (including phenoxy) is 1. The van der Waals surface area contributed by atoms with Crippen LogP contribution in [0.4, 0.5) is 33.7 Å². The number of anilines is 2. The summed E-state index contributed by atoms with van der Waals surface area (Å²) in [7, 11) is 1.22. The van der Waals surface area contributed by atoms with Crippen LogP contribution in [-0.4, -0.2) is 62.3 Å². The minimum Gasteiger partial charge on any atom is -0.755 e. The van der Waals surface area contributed by atoms with Gasteiger partial charge in [0.1, 0.15) is 17.7 Å². The number of hydrogen-bond acceptors (Lipinski definition) is 6. The first-order chi connectivity index (χ1) is 17.0. The molecule has 1 aliphatic rings. The molecule has 0 saturated carbocycles. The summed E-state index contributed by atoms with van der Waals surface area (Å²) in [5.41, 5.74) is -1.76. The Bertz CT molecular complexity index is 1190. The SMILES string of the molecule is CCOC(=O)N1CC(CC=O)C(N(c2cn(C)c(C(=O)Nc3cc(F)c(F)c(F)c3)c2F)S(=O)[O-])C1. The summed E-state index contributed by atoms with van der Waals surface area (Å²) < 4.78 is 86.4. The fraction of sp³-hybridized carbons (Fsp3) is 0.381. The molecule has 196 valence electrons.